The van der Waals surface area contributed by atoms with Crippen LogP contribution in [-0.4, -0.2) is 29.8 Å². The van der Waals surface area contributed by atoms with Crippen LogP contribution in [0.1, 0.15) is 48.2 Å². The molecule has 0 amide bonds. The molecule has 0 bridgehead atoms. The molecule has 0 spiro atoms. The normalized spacial score (nSPS) is 20.4. The van der Waals surface area contributed by atoms with E-state index in [4.69, 9.17) is 4.98 Å². The van der Waals surface area contributed by atoms with Crippen LogP contribution in [0.4, 0.5) is 0 Å². The van der Waals surface area contributed by atoms with Crippen molar-refractivity contribution >= 4 is 27.2 Å². The number of hydrogen-bond acceptors (Lipinski definition) is 5. The average Bonchev–Trinajstić information content (AvgIpc) is 3.06. The van der Waals surface area contributed by atoms with Crippen LogP contribution < -0.4 is 0 Å². The minimum atomic E-state index is 0.650. The lowest BCUT2D eigenvalue weighted by atomic mass is 9.89. The van der Waals surface area contributed by atoms with E-state index in [2.05, 4.69) is 33.3 Å². The molecule has 2 aliphatic rings. The number of aryl methyl sites for hydroxylation is 1. The van der Waals surface area contributed by atoms with Crippen LogP contribution in [0.25, 0.3) is 27.4 Å². The molecule has 7 heteroatoms. The number of nitrogens with zero attached hydrogens (tertiary/aromatic N) is 5. The maximum absolute atomic E-state index is 4.84. The Kier molecular flexibility index (Phi) is 2.72. The molecular formula is C18H18N6S. The van der Waals surface area contributed by atoms with Crippen molar-refractivity contribution in [1.82, 2.24) is 29.8 Å². The SMILES string of the molecule is CC1CCc2c(sc3ncn4nc(-c5cc(C6CC6)[nH]n5)nc4c23)C1. The zero-order chi connectivity index (χ0) is 16.5. The van der Waals surface area contributed by atoms with Gasteiger partial charge in [-0.3, -0.25) is 5.10 Å². The molecule has 4 aromatic heterocycles. The van der Waals surface area contributed by atoms with Crippen LogP contribution in [0.5, 0.6) is 0 Å². The van der Waals surface area contributed by atoms with Crippen LogP contribution >= 0.6 is 11.3 Å². The number of nitrogens with one attached hydrogen (secondary N) is 1. The molecule has 2 aliphatic carbocycles. The highest BCUT2D eigenvalue weighted by atomic mass is 32.1. The third-order valence-electron chi connectivity index (χ3n) is 5.48. The minimum Gasteiger partial charge on any atom is -0.282 e. The quantitative estimate of drug-likeness (QED) is 0.598. The molecule has 4 aromatic rings. The molecule has 0 saturated heterocycles. The Morgan fingerprint density at radius 3 is 3.08 bits per heavy atom. The van der Waals surface area contributed by atoms with Crippen LogP contribution in [-0.2, 0) is 12.8 Å². The third kappa shape index (κ3) is 2.08. The van der Waals surface area contributed by atoms with Gasteiger partial charge in [0.2, 0.25) is 5.82 Å². The Labute approximate surface area is 148 Å². The van der Waals surface area contributed by atoms with E-state index in [0.29, 0.717) is 11.7 Å². The standard InChI is InChI=1S/C18H18N6S/c1-9-2-5-11-14(6-9)25-18-15(11)17-20-16(23-24(17)8-19-18)13-7-12(21-22-13)10-3-4-10/h7-10H,2-6H2,1H3,(H,21,22). The molecule has 0 aromatic carbocycles. The Morgan fingerprint density at radius 1 is 1.28 bits per heavy atom. The van der Waals surface area contributed by atoms with E-state index in [1.165, 1.54) is 40.8 Å². The van der Waals surface area contributed by atoms with E-state index >= 15 is 0 Å². The number of rotatable bonds is 2. The topological polar surface area (TPSA) is 71.8 Å². The molecule has 1 N–H and O–H groups in total. The lowest BCUT2D eigenvalue weighted by Crippen LogP contribution is -2.08. The molecule has 6 nitrogen and oxygen atoms in total. The van der Waals surface area contributed by atoms with Crippen molar-refractivity contribution in [3.63, 3.8) is 0 Å². The van der Waals surface area contributed by atoms with Crippen LogP contribution in [0.3, 0.4) is 0 Å². The van der Waals surface area contributed by atoms with Gasteiger partial charge < -0.3 is 0 Å². The molecule has 1 unspecified atom stereocenters. The zero-order valence-electron chi connectivity index (χ0n) is 14.0. The number of hydrogen-bond donors (Lipinski definition) is 1. The number of fused-ring (bicyclic) bond motifs is 5. The van der Waals surface area contributed by atoms with Crippen molar-refractivity contribution in [2.75, 3.05) is 0 Å². The Balaban J connectivity index is 1.53. The summed E-state index contributed by atoms with van der Waals surface area (Å²) < 4.78 is 1.81. The van der Waals surface area contributed by atoms with E-state index in [1.807, 2.05) is 15.9 Å². The van der Waals surface area contributed by atoms with Gasteiger partial charge in [0.25, 0.3) is 0 Å². The second-order valence-corrected chi connectivity index (χ2v) is 8.55. The van der Waals surface area contributed by atoms with Gasteiger partial charge >= 0.3 is 0 Å². The monoisotopic (exact) mass is 350 g/mol. The molecule has 25 heavy (non-hydrogen) atoms. The van der Waals surface area contributed by atoms with Gasteiger partial charge in [0.1, 0.15) is 16.9 Å². The number of H-pyrrole nitrogens is 1. The summed E-state index contributed by atoms with van der Waals surface area (Å²) in [6.07, 6.45) is 7.81. The molecule has 1 fully saturated rings. The van der Waals surface area contributed by atoms with Gasteiger partial charge in [-0.2, -0.15) is 5.10 Å². The molecule has 6 rings (SSSR count). The number of aromatic amines is 1. The van der Waals surface area contributed by atoms with Gasteiger partial charge in [0, 0.05) is 16.5 Å². The Morgan fingerprint density at radius 2 is 2.20 bits per heavy atom. The Hall–Kier alpha value is -2.28. The summed E-state index contributed by atoms with van der Waals surface area (Å²) >= 11 is 1.83. The summed E-state index contributed by atoms with van der Waals surface area (Å²) in [7, 11) is 0. The van der Waals surface area contributed by atoms with Crippen molar-refractivity contribution in [2.24, 2.45) is 5.92 Å². The summed E-state index contributed by atoms with van der Waals surface area (Å²) in [5.74, 6) is 2.09. The summed E-state index contributed by atoms with van der Waals surface area (Å²) in [6.45, 7) is 2.33. The molecule has 1 saturated carbocycles. The first-order chi connectivity index (χ1) is 12.3. The summed E-state index contributed by atoms with van der Waals surface area (Å²) in [4.78, 5) is 12.1. The van der Waals surface area contributed by atoms with Gasteiger partial charge in [-0.1, -0.05) is 6.92 Å². The molecular weight excluding hydrogens is 332 g/mol. The van der Waals surface area contributed by atoms with Gasteiger partial charge in [0.05, 0.1) is 5.39 Å². The minimum absolute atomic E-state index is 0.650. The van der Waals surface area contributed by atoms with Crippen LogP contribution in [0.2, 0.25) is 0 Å². The summed E-state index contributed by atoms with van der Waals surface area (Å²) in [5.41, 5.74) is 4.40. The van der Waals surface area contributed by atoms with Crippen molar-refractivity contribution in [3.8, 4) is 11.5 Å². The largest absolute Gasteiger partial charge is 0.282 e. The first-order valence-corrected chi connectivity index (χ1v) is 9.79. The third-order valence-corrected chi connectivity index (χ3v) is 6.64. The second kappa shape index (κ2) is 4.88. The fourth-order valence-electron chi connectivity index (χ4n) is 3.90. The zero-order valence-corrected chi connectivity index (χ0v) is 14.8. The fourth-order valence-corrected chi connectivity index (χ4v) is 5.25. The van der Waals surface area contributed by atoms with Gasteiger partial charge in [-0.05, 0) is 49.7 Å². The fraction of sp³-hybridized carbons (Fsp3) is 0.444. The van der Waals surface area contributed by atoms with Gasteiger partial charge in [0.15, 0.2) is 5.65 Å². The van der Waals surface area contributed by atoms with Crippen LogP contribution in [0.15, 0.2) is 12.4 Å². The lowest BCUT2D eigenvalue weighted by Gasteiger charge is -2.17. The van der Waals surface area contributed by atoms with Crippen molar-refractivity contribution in [2.45, 2.75) is 44.9 Å². The molecule has 0 aliphatic heterocycles. The highest BCUT2D eigenvalue weighted by Crippen LogP contribution is 2.40. The van der Waals surface area contributed by atoms with Gasteiger partial charge in [-0.15, -0.1) is 16.4 Å². The predicted octanol–water partition coefficient (Wildman–Crippen LogP) is 3.73. The lowest BCUT2D eigenvalue weighted by molar-refractivity contribution is 0.509. The van der Waals surface area contributed by atoms with Crippen molar-refractivity contribution in [1.29, 1.82) is 0 Å². The highest BCUT2D eigenvalue weighted by Gasteiger charge is 2.27. The Bertz CT molecular complexity index is 1120. The highest BCUT2D eigenvalue weighted by molar-refractivity contribution is 7.19. The molecule has 4 heterocycles. The summed E-state index contributed by atoms with van der Waals surface area (Å²) in [5, 5.41) is 13.4. The second-order valence-electron chi connectivity index (χ2n) is 7.46. The van der Waals surface area contributed by atoms with Crippen LogP contribution in [0, 0.1) is 5.92 Å². The van der Waals surface area contributed by atoms with E-state index < -0.39 is 0 Å². The first kappa shape index (κ1) is 13.9. The van der Waals surface area contributed by atoms with Crippen molar-refractivity contribution < 1.29 is 0 Å². The maximum Gasteiger partial charge on any atom is 0.202 e. The molecule has 0 radical (unpaired) electrons. The molecule has 126 valence electrons. The molecule has 1 atom stereocenters. The number of thiophene rings is 1. The first-order valence-electron chi connectivity index (χ1n) is 8.97. The van der Waals surface area contributed by atoms with E-state index in [9.17, 15) is 0 Å². The predicted molar refractivity (Wildman–Crippen MR) is 96.9 cm³/mol. The van der Waals surface area contributed by atoms with E-state index in [-0.39, 0.29) is 0 Å². The van der Waals surface area contributed by atoms with E-state index in [1.54, 1.807) is 6.33 Å². The van der Waals surface area contributed by atoms with E-state index in [0.717, 1.165) is 34.9 Å². The number of aromatic nitrogens is 6. The maximum atomic E-state index is 4.84. The average molecular weight is 350 g/mol. The summed E-state index contributed by atoms with van der Waals surface area (Å²) in [6, 6.07) is 2.10. The van der Waals surface area contributed by atoms with Gasteiger partial charge in [-0.25, -0.2) is 14.5 Å². The van der Waals surface area contributed by atoms with Crippen molar-refractivity contribution in [3.05, 3.63) is 28.5 Å². The smallest absolute Gasteiger partial charge is 0.202 e.